The predicted octanol–water partition coefficient (Wildman–Crippen LogP) is 0.877. The highest BCUT2D eigenvalue weighted by atomic mass is 16.5. The van der Waals surface area contributed by atoms with Crippen LogP contribution in [-0.4, -0.2) is 46.7 Å². The molecule has 0 aliphatic carbocycles. The number of rotatable bonds is 2. The van der Waals surface area contributed by atoms with Crippen LogP contribution in [0.4, 0.5) is 0 Å². The van der Waals surface area contributed by atoms with Crippen molar-refractivity contribution in [1.29, 1.82) is 0 Å². The zero-order valence-electron chi connectivity index (χ0n) is 10.3. The van der Waals surface area contributed by atoms with Gasteiger partial charge in [0, 0.05) is 19.6 Å². The minimum absolute atomic E-state index is 0.0287. The Morgan fingerprint density at radius 3 is 2.82 bits per heavy atom. The number of aliphatic carboxylic acids is 1. The average Bonchev–Trinajstić information content (AvgIpc) is 2.60. The van der Waals surface area contributed by atoms with Gasteiger partial charge in [-0.1, -0.05) is 0 Å². The van der Waals surface area contributed by atoms with E-state index in [2.05, 4.69) is 0 Å². The zero-order chi connectivity index (χ0) is 12.6. The predicted molar refractivity (Wildman–Crippen MR) is 60.5 cm³/mol. The van der Waals surface area contributed by atoms with Gasteiger partial charge in [-0.05, 0) is 26.7 Å². The molecule has 0 aromatic rings. The summed E-state index contributed by atoms with van der Waals surface area (Å²) in [4.78, 5) is 24.7. The van der Waals surface area contributed by atoms with Crippen molar-refractivity contribution in [2.24, 2.45) is 5.92 Å². The number of ether oxygens (including phenoxy) is 1. The van der Waals surface area contributed by atoms with Crippen molar-refractivity contribution in [3.63, 3.8) is 0 Å². The van der Waals surface area contributed by atoms with Gasteiger partial charge in [0.05, 0.1) is 17.6 Å². The average molecular weight is 241 g/mol. The highest BCUT2D eigenvalue weighted by Crippen LogP contribution is 2.35. The molecule has 0 aromatic carbocycles. The van der Waals surface area contributed by atoms with E-state index in [0.717, 1.165) is 6.42 Å². The fourth-order valence-electron chi connectivity index (χ4n) is 2.72. The lowest BCUT2D eigenvalue weighted by atomic mass is 9.87. The van der Waals surface area contributed by atoms with Crippen molar-refractivity contribution >= 4 is 11.9 Å². The van der Waals surface area contributed by atoms with Crippen LogP contribution in [0.25, 0.3) is 0 Å². The number of carboxylic acids is 1. The first-order valence-corrected chi connectivity index (χ1v) is 6.10. The Bertz CT molecular complexity index is 343. The van der Waals surface area contributed by atoms with Crippen molar-refractivity contribution in [1.82, 2.24) is 4.90 Å². The van der Waals surface area contributed by atoms with Crippen LogP contribution in [0.15, 0.2) is 0 Å². The lowest BCUT2D eigenvalue weighted by molar-refractivity contribution is -0.152. The second kappa shape index (κ2) is 4.29. The number of nitrogens with zero attached hydrogens (tertiary/aromatic N) is 1. The van der Waals surface area contributed by atoms with Gasteiger partial charge in [-0.15, -0.1) is 0 Å². The first-order chi connectivity index (χ1) is 7.95. The molecule has 2 aliphatic heterocycles. The minimum atomic E-state index is -0.808. The van der Waals surface area contributed by atoms with Crippen LogP contribution in [0.1, 0.15) is 33.1 Å². The van der Waals surface area contributed by atoms with Crippen LogP contribution in [0.5, 0.6) is 0 Å². The maximum atomic E-state index is 12.0. The Balaban J connectivity index is 2.17. The van der Waals surface area contributed by atoms with E-state index < -0.39 is 11.9 Å². The van der Waals surface area contributed by atoms with Crippen molar-refractivity contribution < 1.29 is 19.4 Å². The number of carbonyl (C=O) groups is 2. The van der Waals surface area contributed by atoms with E-state index in [-0.39, 0.29) is 17.6 Å². The van der Waals surface area contributed by atoms with E-state index in [4.69, 9.17) is 9.84 Å². The van der Waals surface area contributed by atoms with Crippen LogP contribution in [0, 0.1) is 5.92 Å². The summed E-state index contributed by atoms with van der Waals surface area (Å²) >= 11 is 0. The molecular weight excluding hydrogens is 222 g/mol. The molecule has 2 saturated heterocycles. The Labute approximate surface area is 101 Å². The molecule has 5 heteroatoms. The van der Waals surface area contributed by atoms with Crippen molar-refractivity contribution in [3.8, 4) is 0 Å². The molecular formula is C12H19NO4. The van der Waals surface area contributed by atoms with E-state index in [9.17, 15) is 9.59 Å². The SMILES string of the molecule is CC1OCCC1(C)N1CC(C(=O)O)CCC1=O. The normalized spacial score (nSPS) is 38.5. The fourth-order valence-corrected chi connectivity index (χ4v) is 2.72. The van der Waals surface area contributed by atoms with E-state index in [0.29, 0.717) is 26.0 Å². The third kappa shape index (κ3) is 2.04. The summed E-state index contributed by atoms with van der Waals surface area (Å²) in [7, 11) is 0. The van der Waals surface area contributed by atoms with Crippen LogP contribution < -0.4 is 0 Å². The number of amides is 1. The van der Waals surface area contributed by atoms with Crippen LogP contribution in [-0.2, 0) is 14.3 Å². The molecule has 1 N–H and O–H groups in total. The van der Waals surface area contributed by atoms with Gasteiger partial charge in [-0.2, -0.15) is 0 Å². The Kier molecular flexibility index (Phi) is 3.12. The summed E-state index contributed by atoms with van der Waals surface area (Å²) in [6.45, 7) is 4.90. The summed E-state index contributed by atoms with van der Waals surface area (Å²) in [5.41, 5.74) is -0.342. The number of hydrogen-bond donors (Lipinski definition) is 1. The fraction of sp³-hybridized carbons (Fsp3) is 0.833. The van der Waals surface area contributed by atoms with E-state index >= 15 is 0 Å². The molecule has 17 heavy (non-hydrogen) atoms. The lowest BCUT2D eigenvalue weighted by Gasteiger charge is -2.44. The summed E-state index contributed by atoms with van der Waals surface area (Å²) < 4.78 is 5.52. The second-order valence-electron chi connectivity index (χ2n) is 5.20. The monoisotopic (exact) mass is 241 g/mol. The maximum absolute atomic E-state index is 12.0. The first kappa shape index (κ1) is 12.4. The van der Waals surface area contributed by atoms with Crippen molar-refractivity contribution in [2.75, 3.05) is 13.2 Å². The molecule has 2 rings (SSSR count). The number of hydrogen-bond acceptors (Lipinski definition) is 3. The quantitative estimate of drug-likeness (QED) is 0.779. The lowest BCUT2D eigenvalue weighted by Crippen LogP contribution is -2.57. The summed E-state index contributed by atoms with van der Waals surface area (Å²) in [6, 6.07) is 0. The van der Waals surface area contributed by atoms with Crippen molar-refractivity contribution in [2.45, 2.75) is 44.8 Å². The largest absolute Gasteiger partial charge is 0.481 e. The van der Waals surface area contributed by atoms with Gasteiger partial charge in [0.25, 0.3) is 0 Å². The van der Waals surface area contributed by atoms with Crippen LogP contribution in [0.2, 0.25) is 0 Å². The third-order valence-electron chi connectivity index (χ3n) is 4.23. The third-order valence-corrected chi connectivity index (χ3v) is 4.23. The highest BCUT2D eigenvalue weighted by molar-refractivity contribution is 5.81. The number of carbonyl (C=O) groups excluding carboxylic acids is 1. The molecule has 2 fully saturated rings. The molecule has 0 bridgehead atoms. The van der Waals surface area contributed by atoms with Crippen molar-refractivity contribution in [3.05, 3.63) is 0 Å². The molecule has 2 heterocycles. The molecule has 5 nitrogen and oxygen atoms in total. The molecule has 0 aromatic heterocycles. The number of likely N-dealkylation sites (tertiary alicyclic amines) is 1. The summed E-state index contributed by atoms with van der Waals surface area (Å²) in [6.07, 6.45) is 1.54. The van der Waals surface area contributed by atoms with E-state index in [1.54, 1.807) is 4.90 Å². The van der Waals surface area contributed by atoms with Gasteiger partial charge in [0.1, 0.15) is 0 Å². The Hall–Kier alpha value is -1.10. The number of piperidine rings is 1. The maximum Gasteiger partial charge on any atom is 0.308 e. The molecule has 0 saturated carbocycles. The molecule has 0 spiro atoms. The molecule has 2 aliphatic rings. The Morgan fingerprint density at radius 1 is 1.59 bits per heavy atom. The van der Waals surface area contributed by atoms with Gasteiger partial charge in [0.2, 0.25) is 5.91 Å². The molecule has 0 radical (unpaired) electrons. The Morgan fingerprint density at radius 2 is 2.29 bits per heavy atom. The second-order valence-corrected chi connectivity index (χ2v) is 5.20. The summed E-state index contributed by atoms with van der Waals surface area (Å²) in [5.74, 6) is -1.18. The summed E-state index contributed by atoms with van der Waals surface area (Å²) in [5, 5.41) is 9.07. The van der Waals surface area contributed by atoms with Gasteiger partial charge < -0.3 is 14.7 Å². The van der Waals surface area contributed by atoms with Gasteiger partial charge in [-0.25, -0.2) is 0 Å². The van der Waals surface area contributed by atoms with Crippen LogP contribution in [0.3, 0.4) is 0 Å². The highest BCUT2D eigenvalue weighted by Gasteiger charge is 2.47. The van der Waals surface area contributed by atoms with Gasteiger partial charge in [-0.3, -0.25) is 9.59 Å². The standard InChI is InChI=1S/C12H19NO4/c1-8-12(2,5-6-17-8)13-7-9(11(15)16)3-4-10(13)14/h8-9H,3-7H2,1-2H3,(H,15,16). The minimum Gasteiger partial charge on any atom is -0.481 e. The van der Waals surface area contributed by atoms with Gasteiger partial charge in [0.15, 0.2) is 0 Å². The number of carboxylic acid groups (broad SMARTS) is 1. The first-order valence-electron chi connectivity index (χ1n) is 6.10. The van der Waals surface area contributed by atoms with E-state index in [1.807, 2.05) is 13.8 Å². The smallest absolute Gasteiger partial charge is 0.308 e. The van der Waals surface area contributed by atoms with Gasteiger partial charge >= 0.3 is 5.97 Å². The zero-order valence-corrected chi connectivity index (χ0v) is 10.3. The molecule has 3 unspecified atom stereocenters. The molecule has 1 amide bonds. The topological polar surface area (TPSA) is 66.8 Å². The molecule has 96 valence electrons. The van der Waals surface area contributed by atoms with E-state index in [1.165, 1.54) is 0 Å². The van der Waals surface area contributed by atoms with Crippen LogP contribution >= 0.6 is 0 Å². The molecule has 3 atom stereocenters.